The number of likely N-dealkylation sites (N-methyl/N-ethyl adjacent to an activating group) is 1. The van der Waals surface area contributed by atoms with Crippen molar-refractivity contribution in [3.8, 4) is 16.9 Å². The number of methoxy groups -OCH3 is 1. The second kappa shape index (κ2) is 10.3. The summed E-state index contributed by atoms with van der Waals surface area (Å²) in [4.78, 5) is 4.87. The van der Waals surface area contributed by atoms with Gasteiger partial charge in [-0.2, -0.15) is 0 Å². The fraction of sp³-hybridized carbons (Fsp3) is 0.538. The third-order valence-corrected chi connectivity index (χ3v) is 8.00. The Morgan fingerprint density at radius 2 is 1.59 bits per heavy atom. The molecule has 1 atom stereocenters. The van der Waals surface area contributed by atoms with Gasteiger partial charge < -0.3 is 19.6 Å². The van der Waals surface area contributed by atoms with Crippen LogP contribution in [0.25, 0.3) is 11.1 Å². The third kappa shape index (κ3) is 5.26. The van der Waals surface area contributed by atoms with Gasteiger partial charge in [0.15, 0.2) is 0 Å². The van der Waals surface area contributed by atoms with Crippen molar-refractivity contribution in [3.63, 3.8) is 0 Å². The van der Waals surface area contributed by atoms with E-state index in [4.69, 9.17) is 27.9 Å². The number of ether oxygens (including phenoxy) is 1. The first-order valence-corrected chi connectivity index (χ1v) is 12.4. The van der Waals surface area contributed by atoms with Gasteiger partial charge in [0.1, 0.15) is 5.75 Å². The molecule has 2 aromatic carbocycles. The maximum absolute atomic E-state index is 11.9. The van der Waals surface area contributed by atoms with Crippen LogP contribution in [0.2, 0.25) is 10.0 Å². The Kier molecular flexibility index (Phi) is 7.69. The highest BCUT2D eigenvalue weighted by Crippen LogP contribution is 2.44. The Morgan fingerprint density at radius 1 is 0.938 bits per heavy atom. The van der Waals surface area contributed by atoms with Crippen molar-refractivity contribution >= 4 is 23.2 Å². The van der Waals surface area contributed by atoms with Crippen molar-refractivity contribution in [2.45, 2.75) is 43.6 Å². The van der Waals surface area contributed by atoms with E-state index in [-0.39, 0.29) is 5.92 Å². The van der Waals surface area contributed by atoms with Gasteiger partial charge in [0, 0.05) is 44.2 Å². The maximum atomic E-state index is 11.9. The van der Waals surface area contributed by atoms with Crippen LogP contribution in [-0.2, 0) is 0 Å². The van der Waals surface area contributed by atoms with Gasteiger partial charge in [0.2, 0.25) is 0 Å². The van der Waals surface area contributed by atoms with E-state index in [9.17, 15) is 5.11 Å². The SMILES string of the molecule is COc1ccc(-c2ccc(Cl)c(Cl)c2)cc1C(CN1CCN(C)CC1)C1(O)CCCCC1. The molecule has 1 saturated carbocycles. The molecule has 0 bridgehead atoms. The number of aliphatic hydroxyl groups is 1. The summed E-state index contributed by atoms with van der Waals surface area (Å²) in [6.07, 6.45) is 5.02. The minimum Gasteiger partial charge on any atom is -0.496 e. The monoisotopic (exact) mass is 476 g/mol. The number of piperazine rings is 1. The number of halogens is 2. The molecule has 1 heterocycles. The average molecular weight is 477 g/mol. The van der Waals surface area contributed by atoms with Crippen molar-refractivity contribution in [1.29, 1.82) is 0 Å². The minimum absolute atomic E-state index is 0.0103. The van der Waals surface area contributed by atoms with E-state index < -0.39 is 5.60 Å². The minimum atomic E-state index is -0.717. The molecular formula is C26H34Cl2N2O2. The predicted molar refractivity (Wildman–Crippen MR) is 133 cm³/mol. The van der Waals surface area contributed by atoms with Crippen molar-refractivity contribution in [2.24, 2.45) is 0 Å². The molecular weight excluding hydrogens is 443 g/mol. The van der Waals surface area contributed by atoms with Crippen LogP contribution in [0.4, 0.5) is 0 Å². The highest BCUT2D eigenvalue weighted by Gasteiger charge is 2.41. The molecule has 4 rings (SSSR count). The van der Waals surface area contributed by atoms with Gasteiger partial charge in [-0.15, -0.1) is 0 Å². The summed E-state index contributed by atoms with van der Waals surface area (Å²) in [6, 6.07) is 12.0. The summed E-state index contributed by atoms with van der Waals surface area (Å²) >= 11 is 12.4. The van der Waals surface area contributed by atoms with Crippen molar-refractivity contribution in [2.75, 3.05) is 46.9 Å². The van der Waals surface area contributed by atoms with Gasteiger partial charge in [-0.25, -0.2) is 0 Å². The number of nitrogens with zero attached hydrogens (tertiary/aromatic N) is 2. The maximum Gasteiger partial charge on any atom is 0.122 e. The van der Waals surface area contributed by atoms with Crippen LogP contribution in [0.1, 0.15) is 43.6 Å². The number of rotatable bonds is 6. The van der Waals surface area contributed by atoms with Crippen molar-refractivity contribution in [1.82, 2.24) is 9.80 Å². The molecule has 0 radical (unpaired) electrons. The molecule has 2 fully saturated rings. The lowest BCUT2D eigenvalue weighted by Gasteiger charge is -2.43. The summed E-state index contributed by atoms with van der Waals surface area (Å²) in [7, 11) is 3.89. The first kappa shape index (κ1) is 23.8. The van der Waals surface area contributed by atoms with Crippen LogP contribution in [-0.4, -0.2) is 67.4 Å². The zero-order valence-electron chi connectivity index (χ0n) is 19.1. The summed E-state index contributed by atoms with van der Waals surface area (Å²) in [5.74, 6) is 0.829. The van der Waals surface area contributed by atoms with Crippen molar-refractivity contribution in [3.05, 3.63) is 52.0 Å². The molecule has 2 aliphatic rings. The third-order valence-electron chi connectivity index (χ3n) is 7.26. The Bertz CT molecular complexity index is 922. The van der Waals surface area contributed by atoms with Crippen LogP contribution in [0.3, 0.4) is 0 Å². The van der Waals surface area contributed by atoms with E-state index in [0.717, 1.165) is 80.8 Å². The smallest absolute Gasteiger partial charge is 0.122 e. The van der Waals surface area contributed by atoms with Gasteiger partial charge in [-0.3, -0.25) is 0 Å². The summed E-state index contributed by atoms with van der Waals surface area (Å²) in [5, 5.41) is 13.0. The Morgan fingerprint density at radius 3 is 2.25 bits per heavy atom. The summed E-state index contributed by atoms with van der Waals surface area (Å²) in [6.45, 7) is 5.01. The molecule has 0 aromatic heterocycles. The topological polar surface area (TPSA) is 35.9 Å². The van der Waals surface area contributed by atoms with Gasteiger partial charge in [0.25, 0.3) is 0 Å². The molecule has 2 aromatic rings. The molecule has 1 saturated heterocycles. The first-order chi connectivity index (χ1) is 15.4. The summed E-state index contributed by atoms with van der Waals surface area (Å²) in [5.41, 5.74) is 2.43. The molecule has 1 aliphatic carbocycles. The number of benzene rings is 2. The van der Waals surface area contributed by atoms with Crippen LogP contribution in [0.5, 0.6) is 5.75 Å². The van der Waals surface area contributed by atoms with E-state index in [2.05, 4.69) is 29.0 Å². The largest absolute Gasteiger partial charge is 0.496 e. The van der Waals surface area contributed by atoms with Gasteiger partial charge in [-0.1, -0.05) is 54.6 Å². The Labute approximate surface area is 202 Å². The molecule has 4 nitrogen and oxygen atoms in total. The molecule has 0 amide bonds. The highest BCUT2D eigenvalue weighted by atomic mass is 35.5. The van der Waals surface area contributed by atoms with Gasteiger partial charge >= 0.3 is 0 Å². The fourth-order valence-electron chi connectivity index (χ4n) is 5.22. The number of hydrogen-bond acceptors (Lipinski definition) is 4. The highest BCUT2D eigenvalue weighted by molar-refractivity contribution is 6.42. The van der Waals surface area contributed by atoms with Crippen LogP contribution in [0, 0.1) is 0 Å². The lowest BCUT2D eigenvalue weighted by Crippen LogP contribution is -2.50. The van der Waals surface area contributed by atoms with Crippen LogP contribution in [0.15, 0.2) is 36.4 Å². The van der Waals surface area contributed by atoms with E-state index in [1.807, 2.05) is 24.3 Å². The normalized spacial score (nSPS) is 20.8. The van der Waals surface area contributed by atoms with E-state index >= 15 is 0 Å². The second-order valence-electron chi connectivity index (χ2n) is 9.41. The quantitative estimate of drug-likeness (QED) is 0.580. The van der Waals surface area contributed by atoms with Crippen LogP contribution >= 0.6 is 23.2 Å². The predicted octanol–water partition coefficient (Wildman–Crippen LogP) is 5.70. The molecule has 1 N–H and O–H groups in total. The lowest BCUT2D eigenvalue weighted by atomic mass is 9.72. The van der Waals surface area contributed by atoms with E-state index in [0.29, 0.717) is 10.0 Å². The van der Waals surface area contributed by atoms with E-state index in [1.165, 1.54) is 6.42 Å². The fourth-order valence-corrected chi connectivity index (χ4v) is 5.52. The van der Waals surface area contributed by atoms with Gasteiger partial charge in [0.05, 0.1) is 22.8 Å². The molecule has 1 unspecified atom stereocenters. The second-order valence-corrected chi connectivity index (χ2v) is 10.2. The first-order valence-electron chi connectivity index (χ1n) is 11.7. The van der Waals surface area contributed by atoms with E-state index in [1.54, 1.807) is 7.11 Å². The Balaban J connectivity index is 1.73. The molecule has 32 heavy (non-hydrogen) atoms. The standard InChI is InChI=1S/C26H34Cl2N2O2/c1-29-12-14-30(15-13-29)18-22(26(31)10-4-3-5-11-26)21-16-19(7-9-25(21)32-2)20-6-8-23(27)24(28)17-20/h6-9,16-17,22,31H,3-5,10-15,18H2,1-2H3. The molecule has 174 valence electrons. The zero-order valence-corrected chi connectivity index (χ0v) is 20.6. The van der Waals surface area contributed by atoms with Crippen LogP contribution < -0.4 is 4.74 Å². The van der Waals surface area contributed by atoms with Gasteiger partial charge in [-0.05, 0) is 55.3 Å². The lowest BCUT2D eigenvalue weighted by molar-refractivity contribution is -0.0342. The molecule has 1 aliphatic heterocycles. The summed E-state index contributed by atoms with van der Waals surface area (Å²) < 4.78 is 5.82. The number of hydrogen-bond donors (Lipinski definition) is 1. The van der Waals surface area contributed by atoms with Crippen molar-refractivity contribution < 1.29 is 9.84 Å². The molecule has 0 spiro atoms. The Hall–Kier alpha value is -1.30. The average Bonchev–Trinajstić information content (AvgIpc) is 2.80. The molecule has 6 heteroatoms. The zero-order chi connectivity index (χ0) is 22.7.